The fourth-order valence-corrected chi connectivity index (χ4v) is 1.10. The summed E-state index contributed by atoms with van der Waals surface area (Å²) in [5.74, 6) is 0. The molecule has 1 nitrogen and oxygen atoms in total. The largest absolute Gasteiger partial charge is 0.314 e. The van der Waals surface area contributed by atoms with Crippen LogP contribution >= 0.6 is 0 Å². The molecule has 1 aliphatic rings. The number of nitrogens with one attached hydrogen (secondary N) is 1. The number of piperidine rings is 1. The molecule has 1 fully saturated rings. The highest BCUT2D eigenvalue weighted by atomic mass is 14.9. The lowest BCUT2D eigenvalue weighted by Gasteiger charge is -2.20. The van der Waals surface area contributed by atoms with E-state index in [2.05, 4.69) is 18.8 Å². The average Bonchev–Trinajstić information content (AvgIpc) is 1.64. The van der Waals surface area contributed by atoms with Crippen LogP contribution in [0.5, 0.6) is 0 Å². The molecule has 0 unspecified atom stereocenters. The lowest BCUT2D eigenvalue weighted by atomic mass is 10.0. The molecule has 1 rings (SSSR count). The molecule has 1 aliphatic heterocycles. The Kier molecular flexibility index (Phi) is 1.69. The molecule has 0 aromatic rings. The van der Waals surface area contributed by atoms with Crippen LogP contribution in [0.1, 0.15) is 19.8 Å². The van der Waals surface area contributed by atoms with Crippen LogP contribution < -0.4 is 5.32 Å². The number of hydrogen-bond acceptors (Lipinski definition) is 1. The van der Waals surface area contributed by atoms with E-state index in [-0.39, 0.29) is 0 Å². The highest BCUT2D eigenvalue weighted by molar-refractivity contribution is 5.00. The number of rotatable bonds is 0. The molecular weight excluding hydrogens is 98.1 g/mol. The fourth-order valence-electron chi connectivity index (χ4n) is 1.10. The van der Waals surface area contributed by atoms with Crippen molar-refractivity contribution in [3.63, 3.8) is 0 Å². The van der Waals surface area contributed by atoms with Crippen LogP contribution in [0.2, 0.25) is 0 Å². The molecule has 46 valence electrons. The molecule has 1 heterocycles. The van der Waals surface area contributed by atoms with Crippen molar-refractivity contribution in [2.24, 2.45) is 0 Å². The second-order valence-electron chi connectivity index (χ2n) is 2.56. The van der Waals surface area contributed by atoms with E-state index in [1.165, 1.54) is 18.4 Å². The van der Waals surface area contributed by atoms with Crippen molar-refractivity contribution in [2.45, 2.75) is 25.8 Å². The third-order valence-electron chi connectivity index (χ3n) is 1.57. The first kappa shape index (κ1) is 5.83. The van der Waals surface area contributed by atoms with Crippen molar-refractivity contribution in [1.29, 1.82) is 0 Å². The zero-order chi connectivity index (χ0) is 5.98. The molecular formula is C7H13N. The Bertz CT molecular complexity index is 96.6. The maximum absolute atomic E-state index is 3.92. The van der Waals surface area contributed by atoms with Gasteiger partial charge in [-0.3, -0.25) is 0 Å². The molecule has 1 heteroatoms. The minimum absolute atomic E-state index is 0.663. The van der Waals surface area contributed by atoms with Gasteiger partial charge in [-0.25, -0.2) is 0 Å². The van der Waals surface area contributed by atoms with E-state index >= 15 is 0 Å². The molecule has 0 bridgehead atoms. The van der Waals surface area contributed by atoms with Gasteiger partial charge >= 0.3 is 0 Å². The second kappa shape index (κ2) is 2.31. The molecule has 0 aliphatic carbocycles. The molecule has 0 amide bonds. The SMILES string of the molecule is C=C1CCN[C@H](C)C1. The van der Waals surface area contributed by atoms with E-state index < -0.39 is 0 Å². The summed E-state index contributed by atoms with van der Waals surface area (Å²) in [6.07, 6.45) is 2.34. The van der Waals surface area contributed by atoms with Gasteiger partial charge in [0.05, 0.1) is 0 Å². The van der Waals surface area contributed by atoms with Gasteiger partial charge in [-0.15, -0.1) is 0 Å². The molecule has 0 aromatic carbocycles. The first-order chi connectivity index (χ1) is 3.79. The van der Waals surface area contributed by atoms with Crippen molar-refractivity contribution in [3.8, 4) is 0 Å². The van der Waals surface area contributed by atoms with E-state index in [1.54, 1.807) is 0 Å². The molecule has 0 radical (unpaired) electrons. The van der Waals surface area contributed by atoms with Crippen molar-refractivity contribution in [2.75, 3.05) is 6.54 Å². The Hall–Kier alpha value is -0.300. The summed E-state index contributed by atoms with van der Waals surface area (Å²) in [5.41, 5.74) is 1.40. The maximum Gasteiger partial charge on any atom is 0.00759 e. The van der Waals surface area contributed by atoms with Crippen LogP contribution in [0.4, 0.5) is 0 Å². The normalized spacial score (nSPS) is 30.6. The lowest BCUT2D eigenvalue weighted by molar-refractivity contribution is 0.495. The highest BCUT2D eigenvalue weighted by Crippen LogP contribution is 2.10. The fraction of sp³-hybridized carbons (Fsp3) is 0.714. The topological polar surface area (TPSA) is 12.0 Å². The van der Waals surface area contributed by atoms with Crippen molar-refractivity contribution in [3.05, 3.63) is 12.2 Å². The van der Waals surface area contributed by atoms with Gasteiger partial charge in [-0.05, 0) is 26.3 Å². The molecule has 1 saturated heterocycles. The quantitative estimate of drug-likeness (QED) is 0.465. The summed E-state index contributed by atoms with van der Waals surface area (Å²) < 4.78 is 0. The Balaban J connectivity index is 2.34. The monoisotopic (exact) mass is 111 g/mol. The lowest BCUT2D eigenvalue weighted by Crippen LogP contribution is -2.31. The van der Waals surface area contributed by atoms with Crippen LogP contribution in [0.15, 0.2) is 12.2 Å². The minimum atomic E-state index is 0.663. The van der Waals surface area contributed by atoms with Gasteiger partial charge in [0, 0.05) is 6.04 Å². The van der Waals surface area contributed by atoms with Crippen LogP contribution in [0, 0.1) is 0 Å². The van der Waals surface area contributed by atoms with Crippen molar-refractivity contribution in [1.82, 2.24) is 5.32 Å². The minimum Gasteiger partial charge on any atom is -0.314 e. The van der Waals surface area contributed by atoms with Crippen LogP contribution in [-0.4, -0.2) is 12.6 Å². The smallest absolute Gasteiger partial charge is 0.00759 e. The Morgan fingerprint density at radius 1 is 1.75 bits per heavy atom. The van der Waals surface area contributed by atoms with E-state index in [4.69, 9.17) is 0 Å². The molecule has 0 spiro atoms. The van der Waals surface area contributed by atoms with Gasteiger partial charge in [0.2, 0.25) is 0 Å². The van der Waals surface area contributed by atoms with Gasteiger partial charge in [0.15, 0.2) is 0 Å². The molecule has 0 aromatic heterocycles. The Morgan fingerprint density at radius 3 is 2.88 bits per heavy atom. The summed E-state index contributed by atoms with van der Waals surface area (Å²) in [6, 6.07) is 0.663. The highest BCUT2D eigenvalue weighted by Gasteiger charge is 2.08. The zero-order valence-corrected chi connectivity index (χ0v) is 5.41. The zero-order valence-electron chi connectivity index (χ0n) is 5.41. The number of hydrogen-bond donors (Lipinski definition) is 1. The van der Waals surface area contributed by atoms with Gasteiger partial charge in [0.25, 0.3) is 0 Å². The van der Waals surface area contributed by atoms with Gasteiger partial charge in [-0.1, -0.05) is 12.2 Å². The van der Waals surface area contributed by atoms with Crippen LogP contribution in [-0.2, 0) is 0 Å². The third kappa shape index (κ3) is 1.34. The predicted octanol–water partition coefficient (Wildman–Crippen LogP) is 1.31. The first-order valence-electron chi connectivity index (χ1n) is 3.19. The summed E-state index contributed by atoms with van der Waals surface area (Å²) in [4.78, 5) is 0. The summed E-state index contributed by atoms with van der Waals surface area (Å²) in [7, 11) is 0. The summed E-state index contributed by atoms with van der Waals surface area (Å²) >= 11 is 0. The van der Waals surface area contributed by atoms with E-state index in [9.17, 15) is 0 Å². The van der Waals surface area contributed by atoms with Crippen LogP contribution in [0.25, 0.3) is 0 Å². The van der Waals surface area contributed by atoms with Crippen molar-refractivity contribution < 1.29 is 0 Å². The Labute approximate surface area is 50.8 Å². The molecule has 8 heavy (non-hydrogen) atoms. The Morgan fingerprint density at radius 2 is 2.50 bits per heavy atom. The molecule has 1 atom stereocenters. The average molecular weight is 111 g/mol. The second-order valence-corrected chi connectivity index (χ2v) is 2.56. The summed E-state index contributed by atoms with van der Waals surface area (Å²) in [5, 5.41) is 3.35. The van der Waals surface area contributed by atoms with Crippen LogP contribution in [0.3, 0.4) is 0 Å². The predicted molar refractivity (Wildman–Crippen MR) is 35.8 cm³/mol. The van der Waals surface area contributed by atoms with E-state index in [1.807, 2.05) is 0 Å². The van der Waals surface area contributed by atoms with Gasteiger partial charge < -0.3 is 5.32 Å². The van der Waals surface area contributed by atoms with Crippen molar-refractivity contribution >= 4 is 0 Å². The molecule has 0 saturated carbocycles. The van der Waals surface area contributed by atoms with E-state index in [0.717, 1.165) is 6.54 Å². The molecule has 1 N–H and O–H groups in total. The third-order valence-corrected chi connectivity index (χ3v) is 1.57. The maximum atomic E-state index is 3.92. The standard InChI is InChI=1S/C7H13N/c1-6-3-4-8-7(2)5-6/h7-8H,1,3-5H2,2H3/t7-/m1/s1. The van der Waals surface area contributed by atoms with Gasteiger partial charge in [0.1, 0.15) is 0 Å². The van der Waals surface area contributed by atoms with E-state index in [0.29, 0.717) is 6.04 Å². The van der Waals surface area contributed by atoms with Gasteiger partial charge in [-0.2, -0.15) is 0 Å². The first-order valence-corrected chi connectivity index (χ1v) is 3.19. The summed E-state index contributed by atoms with van der Waals surface area (Å²) in [6.45, 7) is 7.25.